The average Bonchev–Trinajstić information content (AvgIpc) is 2.26. The molecule has 1 aliphatic rings. The van der Waals surface area contributed by atoms with Crippen LogP contribution in [0.5, 0.6) is 0 Å². The van der Waals surface area contributed by atoms with Gasteiger partial charge in [0, 0.05) is 12.5 Å². The molecule has 104 valence electrons. The van der Waals surface area contributed by atoms with Crippen LogP contribution in [0.3, 0.4) is 0 Å². The molecule has 1 atom stereocenters. The number of amides is 1. The lowest BCUT2D eigenvalue weighted by molar-refractivity contribution is -0.149. The largest absolute Gasteiger partial charge is 0.480 e. The van der Waals surface area contributed by atoms with Crippen molar-refractivity contribution in [2.24, 2.45) is 11.3 Å². The van der Waals surface area contributed by atoms with Crippen molar-refractivity contribution in [2.45, 2.75) is 52.9 Å². The van der Waals surface area contributed by atoms with Crippen LogP contribution in [0.25, 0.3) is 0 Å². The van der Waals surface area contributed by atoms with Crippen molar-refractivity contribution in [3.05, 3.63) is 0 Å². The highest BCUT2D eigenvalue weighted by atomic mass is 16.4. The van der Waals surface area contributed by atoms with E-state index >= 15 is 0 Å². The topological polar surface area (TPSA) is 57.6 Å². The van der Waals surface area contributed by atoms with Gasteiger partial charge in [0.2, 0.25) is 5.91 Å². The third kappa shape index (κ3) is 3.72. The summed E-state index contributed by atoms with van der Waals surface area (Å²) in [4.78, 5) is 24.9. The van der Waals surface area contributed by atoms with Crippen LogP contribution in [-0.2, 0) is 9.59 Å². The average molecular weight is 255 g/mol. The Kier molecular flexibility index (Phi) is 5.17. The number of hydrogen-bond donors (Lipinski definition) is 1. The van der Waals surface area contributed by atoms with Gasteiger partial charge in [-0.05, 0) is 24.7 Å². The van der Waals surface area contributed by atoms with Gasteiger partial charge in [0.25, 0.3) is 0 Å². The highest BCUT2D eigenvalue weighted by Crippen LogP contribution is 2.41. The van der Waals surface area contributed by atoms with E-state index in [1.165, 1.54) is 11.3 Å². The normalized spacial score (nSPS) is 22.5. The fraction of sp³-hybridized carbons (Fsp3) is 0.857. The first-order valence-electron chi connectivity index (χ1n) is 6.89. The zero-order valence-corrected chi connectivity index (χ0v) is 11.7. The maximum Gasteiger partial charge on any atom is 0.323 e. The maximum atomic E-state index is 12.5. The summed E-state index contributed by atoms with van der Waals surface area (Å²) >= 11 is 0. The Balaban J connectivity index is 2.77. The van der Waals surface area contributed by atoms with Crippen molar-refractivity contribution in [2.75, 3.05) is 13.1 Å². The number of carbonyl (C=O) groups excluding carboxylic acids is 1. The van der Waals surface area contributed by atoms with Gasteiger partial charge in [-0.2, -0.15) is 0 Å². The Morgan fingerprint density at radius 2 is 2.00 bits per heavy atom. The van der Waals surface area contributed by atoms with Gasteiger partial charge in [-0.1, -0.05) is 33.6 Å². The SMILES string of the molecule is CCCN(CC(=O)O)C(=O)C1CCCCC1(C)C. The van der Waals surface area contributed by atoms with Gasteiger partial charge in [0.1, 0.15) is 6.54 Å². The molecule has 0 aliphatic heterocycles. The number of rotatable bonds is 5. The summed E-state index contributed by atoms with van der Waals surface area (Å²) in [6.07, 6.45) is 4.99. The summed E-state index contributed by atoms with van der Waals surface area (Å²) in [5, 5.41) is 8.89. The zero-order chi connectivity index (χ0) is 13.8. The lowest BCUT2D eigenvalue weighted by atomic mass is 9.68. The summed E-state index contributed by atoms with van der Waals surface area (Å²) in [6, 6.07) is 0. The van der Waals surface area contributed by atoms with Gasteiger partial charge in [0.15, 0.2) is 0 Å². The molecule has 1 unspecified atom stereocenters. The fourth-order valence-electron chi connectivity index (χ4n) is 2.87. The van der Waals surface area contributed by atoms with E-state index in [-0.39, 0.29) is 23.8 Å². The van der Waals surface area contributed by atoms with Crippen LogP contribution in [0.15, 0.2) is 0 Å². The van der Waals surface area contributed by atoms with Crippen LogP contribution < -0.4 is 0 Å². The lowest BCUT2D eigenvalue weighted by Crippen LogP contribution is -2.45. The minimum Gasteiger partial charge on any atom is -0.480 e. The van der Waals surface area contributed by atoms with Crippen molar-refractivity contribution in [3.63, 3.8) is 0 Å². The summed E-state index contributed by atoms with van der Waals surface area (Å²) in [5.74, 6) is -0.911. The second kappa shape index (κ2) is 6.21. The van der Waals surface area contributed by atoms with E-state index in [0.29, 0.717) is 6.54 Å². The van der Waals surface area contributed by atoms with Crippen molar-refractivity contribution in [3.8, 4) is 0 Å². The quantitative estimate of drug-likeness (QED) is 0.821. The van der Waals surface area contributed by atoms with E-state index in [2.05, 4.69) is 13.8 Å². The monoisotopic (exact) mass is 255 g/mol. The van der Waals surface area contributed by atoms with Gasteiger partial charge in [0.05, 0.1) is 0 Å². The minimum absolute atomic E-state index is 0.000171. The molecule has 4 nitrogen and oxygen atoms in total. The fourth-order valence-corrected chi connectivity index (χ4v) is 2.87. The molecule has 0 spiro atoms. The van der Waals surface area contributed by atoms with Crippen molar-refractivity contribution in [1.82, 2.24) is 4.90 Å². The van der Waals surface area contributed by atoms with Crippen LogP contribution in [0, 0.1) is 11.3 Å². The Labute approximate surface area is 109 Å². The standard InChI is InChI=1S/C14H25NO3/c1-4-9-15(10-12(16)17)13(18)11-7-5-6-8-14(11,2)3/h11H,4-10H2,1-3H3,(H,16,17). The third-order valence-corrected chi connectivity index (χ3v) is 3.94. The number of carbonyl (C=O) groups is 2. The van der Waals surface area contributed by atoms with E-state index in [9.17, 15) is 9.59 Å². The summed E-state index contributed by atoms with van der Waals surface area (Å²) in [7, 11) is 0. The molecule has 0 heterocycles. The van der Waals surface area contributed by atoms with Gasteiger partial charge < -0.3 is 10.0 Å². The number of carboxylic acids is 1. The van der Waals surface area contributed by atoms with Crippen molar-refractivity contribution >= 4 is 11.9 Å². The molecule has 0 saturated heterocycles. The molecule has 0 radical (unpaired) electrons. The van der Waals surface area contributed by atoms with Gasteiger partial charge >= 0.3 is 5.97 Å². The first-order valence-corrected chi connectivity index (χ1v) is 6.89. The minimum atomic E-state index is -0.926. The second-order valence-electron chi connectivity index (χ2n) is 5.94. The smallest absolute Gasteiger partial charge is 0.323 e. The molecule has 18 heavy (non-hydrogen) atoms. The van der Waals surface area contributed by atoms with E-state index in [1.807, 2.05) is 6.92 Å². The highest BCUT2D eigenvalue weighted by molar-refractivity contribution is 5.83. The Bertz CT molecular complexity index is 312. The predicted octanol–water partition coefficient (Wildman–Crippen LogP) is 2.53. The first-order chi connectivity index (χ1) is 8.38. The molecule has 1 amide bonds. The Hall–Kier alpha value is -1.06. The van der Waals surface area contributed by atoms with E-state index in [1.54, 1.807) is 0 Å². The van der Waals surface area contributed by atoms with Gasteiger partial charge in [-0.25, -0.2) is 0 Å². The molecule has 0 aromatic heterocycles. The summed E-state index contributed by atoms with van der Waals surface area (Å²) in [5.41, 5.74) is -0.000171. The molecule has 4 heteroatoms. The molecule has 1 fully saturated rings. The molecule has 0 aromatic rings. The number of carboxylic acid groups (broad SMARTS) is 1. The third-order valence-electron chi connectivity index (χ3n) is 3.94. The molecular weight excluding hydrogens is 230 g/mol. The van der Waals surface area contributed by atoms with Crippen LogP contribution in [-0.4, -0.2) is 35.0 Å². The van der Waals surface area contributed by atoms with E-state index < -0.39 is 5.97 Å². The molecule has 0 bridgehead atoms. The maximum absolute atomic E-state index is 12.5. The molecule has 0 aromatic carbocycles. The lowest BCUT2D eigenvalue weighted by Gasteiger charge is -2.40. The Morgan fingerprint density at radius 1 is 1.33 bits per heavy atom. The number of nitrogens with zero attached hydrogens (tertiary/aromatic N) is 1. The number of hydrogen-bond acceptors (Lipinski definition) is 2. The summed E-state index contributed by atoms with van der Waals surface area (Å²) < 4.78 is 0. The molecule has 1 rings (SSSR count). The molecule has 1 aliphatic carbocycles. The molecular formula is C14H25NO3. The van der Waals surface area contributed by atoms with Crippen LogP contribution in [0.4, 0.5) is 0 Å². The van der Waals surface area contributed by atoms with Crippen LogP contribution in [0.1, 0.15) is 52.9 Å². The zero-order valence-electron chi connectivity index (χ0n) is 11.7. The molecule has 1 N–H and O–H groups in total. The van der Waals surface area contributed by atoms with Gasteiger partial charge in [-0.15, -0.1) is 0 Å². The Morgan fingerprint density at radius 3 is 2.50 bits per heavy atom. The van der Waals surface area contributed by atoms with E-state index in [0.717, 1.165) is 25.7 Å². The van der Waals surface area contributed by atoms with Crippen LogP contribution >= 0.6 is 0 Å². The van der Waals surface area contributed by atoms with Crippen LogP contribution in [0.2, 0.25) is 0 Å². The highest BCUT2D eigenvalue weighted by Gasteiger charge is 2.39. The number of aliphatic carboxylic acids is 1. The molecule has 1 saturated carbocycles. The predicted molar refractivity (Wildman–Crippen MR) is 70.2 cm³/mol. The second-order valence-corrected chi connectivity index (χ2v) is 5.94. The van der Waals surface area contributed by atoms with Gasteiger partial charge in [-0.3, -0.25) is 9.59 Å². The van der Waals surface area contributed by atoms with Crippen molar-refractivity contribution in [1.29, 1.82) is 0 Å². The van der Waals surface area contributed by atoms with E-state index in [4.69, 9.17) is 5.11 Å². The summed E-state index contributed by atoms with van der Waals surface area (Å²) in [6.45, 7) is 6.59. The van der Waals surface area contributed by atoms with Crippen molar-refractivity contribution < 1.29 is 14.7 Å². The first kappa shape index (κ1) is 15.0.